The van der Waals surface area contributed by atoms with E-state index in [1.165, 1.54) is 25.1 Å². The quantitative estimate of drug-likeness (QED) is 0.807. The van der Waals surface area contributed by atoms with Gasteiger partial charge in [-0.05, 0) is 30.7 Å². The van der Waals surface area contributed by atoms with Crippen LogP contribution >= 0.6 is 11.6 Å². The van der Waals surface area contributed by atoms with Crippen molar-refractivity contribution in [3.8, 4) is 0 Å². The summed E-state index contributed by atoms with van der Waals surface area (Å²) in [5.41, 5.74) is -0.678. The van der Waals surface area contributed by atoms with Gasteiger partial charge in [-0.2, -0.15) is 0 Å². The summed E-state index contributed by atoms with van der Waals surface area (Å²) < 4.78 is 12.9. The lowest BCUT2D eigenvalue weighted by molar-refractivity contribution is -0.111. The van der Waals surface area contributed by atoms with Gasteiger partial charge in [0.2, 0.25) is 0 Å². The van der Waals surface area contributed by atoms with Crippen LogP contribution in [0, 0.1) is 5.82 Å². The Morgan fingerprint density at radius 1 is 1.60 bits per heavy atom. The molecule has 82 valence electrons. The molecule has 0 amide bonds. The molecule has 0 heterocycles. The van der Waals surface area contributed by atoms with E-state index in [1.807, 2.05) is 0 Å². The number of aldehydes is 1. The second-order valence-electron chi connectivity index (χ2n) is 3.78. The van der Waals surface area contributed by atoms with Crippen molar-refractivity contribution in [3.05, 3.63) is 34.6 Å². The fourth-order valence-electron chi connectivity index (χ4n) is 1.34. The van der Waals surface area contributed by atoms with Crippen LogP contribution < -0.4 is 0 Å². The maximum atomic E-state index is 12.9. The van der Waals surface area contributed by atoms with Gasteiger partial charge >= 0.3 is 0 Å². The van der Waals surface area contributed by atoms with E-state index in [4.69, 9.17) is 11.6 Å². The molecule has 2 nitrogen and oxygen atoms in total. The lowest BCUT2D eigenvalue weighted by Crippen LogP contribution is -2.27. The minimum absolute atomic E-state index is 0.000157. The highest BCUT2D eigenvalue weighted by Crippen LogP contribution is 2.23. The Morgan fingerprint density at radius 2 is 2.27 bits per heavy atom. The van der Waals surface area contributed by atoms with Crippen LogP contribution in [0.4, 0.5) is 4.39 Å². The Hall–Kier alpha value is -0.930. The maximum Gasteiger partial charge on any atom is 0.123 e. The summed E-state index contributed by atoms with van der Waals surface area (Å²) in [7, 11) is 0. The fraction of sp³-hybridized carbons (Fsp3) is 0.364. The van der Waals surface area contributed by atoms with E-state index >= 15 is 0 Å². The predicted octanol–water partition coefficient (Wildman–Crippen LogP) is 2.36. The van der Waals surface area contributed by atoms with E-state index in [9.17, 15) is 14.3 Å². The van der Waals surface area contributed by atoms with E-state index in [0.717, 1.165) is 0 Å². The lowest BCUT2D eigenvalue weighted by atomic mass is 9.94. The molecule has 1 aromatic carbocycles. The molecule has 0 aliphatic rings. The Bertz CT molecular complexity index is 364. The molecule has 0 radical (unpaired) electrons. The fourth-order valence-corrected chi connectivity index (χ4v) is 1.53. The molecule has 1 unspecified atom stereocenters. The van der Waals surface area contributed by atoms with Crippen molar-refractivity contribution in [1.82, 2.24) is 0 Å². The van der Waals surface area contributed by atoms with Crippen LogP contribution in [0.2, 0.25) is 5.02 Å². The highest BCUT2D eigenvalue weighted by atomic mass is 35.5. The van der Waals surface area contributed by atoms with Crippen molar-refractivity contribution in [3.63, 3.8) is 0 Å². The van der Waals surface area contributed by atoms with Gasteiger partial charge in [0.1, 0.15) is 12.1 Å². The Balaban J connectivity index is 2.88. The summed E-state index contributed by atoms with van der Waals surface area (Å²) in [6.07, 6.45) is 0.787. The number of halogens is 2. The molecule has 0 aromatic heterocycles. The summed E-state index contributed by atoms with van der Waals surface area (Å²) in [5.74, 6) is -0.406. The van der Waals surface area contributed by atoms with Gasteiger partial charge in [-0.25, -0.2) is 4.39 Å². The molecule has 0 saturated carbocycles. The van der Waals surface area contributed by atoms with E-state index in [-0.39, 0.29) is 12.8 Å². The number of benzene rings is 1. The standard InChI is InChI=1S/C11H12ClFO2/c1-11(15,4-5-14)7-8-6-9(13)2-3-10(8)12/h2-3,5-6,15H,4,7H2,1H3. The molecule has 0 fully saturated rings. The average Bonchev–Trinajstić information content (AvgIpc) is 2.10. The van der Waals surface area contributed by atoms with Gasteiger partial charge in [0.15, 0.2) is 0 Å². The van der Waals surface area contributed by atoms with Crippen molar-refractivity contribution in [1.29, 1.82) is 0 Å². The summed E-state index contributed by atoms with van der Waals surface area (Å²) in [6.45, 7) is 1.52. The van der Waals surface area contributed by atoms with E-state index in [0.29, 0.717) is 16.9 Å². The molecule has 0 spiro atoms. The van der Waals surface area contributed by atoms with Crippen molar-refractivity contribution in [2.24, 2.45) is 0 Å². The van der Waals surface area contributed by atoms with Gasteiger partial charge in [-0.15, -0.1) is 0 Å². The largest absolute Gasteiger partial charge is 0.389 e. The lowest BCUT2D eigenvalue weighted by Gasteiger charge is -2.21. The van der Waals surface area contributed by atoms with Crippen molar-refractivity contribution in [2.75, 3.05) is 0 Å². The molecule has 15 heavy (non-hydrogen) atoms. The number of aliphatic hydroxyl groups is 1. The van der Waals surface area contributed by atoms with Gasteiger partial charge in [0.25, 0.3) is 0 Å². The van der Waals surface area contributed by atoms with Crippen molar-refractivity contribution in [2.45, 2.75) is 25.4 Å². The minimum Gasteiger partial charge on any atom is -0.389 e. The van der Waals surface area contributed by atoms with Gasteiger partial charge < -0.3 is 9.90 Å². The summed E-state index contributed by atoms with van der Waals surface area (Å²) in [4.78, 5) is 10.3. The van der Waals surface area contributed by atoms with Gasteiger partial charge in [0, 0.05) is 17.9 Å². The number of hydrogen-bond acceptors (Lipinski definition) is 2. The Kier molecular flexibility index (Phi) is 3.83. The molecule has 4 heteroatoms. The molecule has 1 atom stereocenters. The second kappa shape index (κ2) is 4.73. The minimum atomic E-state index is -1.18. The van der Waals surface area contributed by atoms with Gasteiger partial charge in [-0.1, -0.05) is 11.6 Å². The van der Waals surface area contributed by atoms with Crippen LogP contribution in [0.1, 0.15) is 18.9 Å². The SMILES string of the molecule is CC(O)(CC=O)Cc1cc(F)ccc1Cl. The topological polar surface area (TPSA) is 37.3 Å². The van der Waals surface area contributed by atoms with Gasteiger partial charge in [-0.3, -0.25) is 0 Å². The smallest absolute Gasteiger partial charge is 0.123 e. The molecule has 1 rings (SSSR count). The summed E-state index contributed by atoms with van der Waals surface area (Å²) in [6, 6.07) is 3.95. The first-order chi connectivity index (χ1) is 6.94. The van der Waals surface area contributed by atoms with Crippen molar-refractivity contribution >= 4 is 17.9 Å². The molecule has 0 bridgehead atoms. The monoisotopic (exact) mass is 230 g/mol. The predicted molar refractivity (Wildman–Crippen MR) is 56.4 cm³/mol. The van der Waals surface area contributed by atoms with Crippen molar-refractivity contribution < 1.29 is 14.3 Å². The van der Waals surface area contributed by atoms with Crippen LogP contribution in [0.5, 0.6) is 0 Å². The molecule has 1 aromatic rings. The molecular formula is C11H12ClFO2. The molecule has 0 aliphatic heterocycles. The third-order valence-corrected chi connectivity index (χ3v) is 2.47. The summed E-state index contributed by atoms with van der Waals surface area (Å²) >= 11 is 5.84. The van der Waals surface area contributed by atoms with Crippen LogP contribution in [-0.2, 0) is 11.2 Å². The molecule has 0 aliphatic carbocycles. The van der Waals surface area contributed by atoms with Gasteiger partial charge in [0.05, 0.1) is 5.60 Å². The zero-order chi connectivity index (χ0) is 11.5. The zero-order valence-electron chi connectivity index (χ0n) is 8.34. The van der Waals surface area contributed by atoms with E-state index in [1.54, 1.807) is 0 Å². The number of hydrogen-bond donors (Lipinski definition) is 1. The first kappa shape index (κ1) is 12.1. The van der Waals surface area contributed by atoms with Crippen LogP contribution in [-0.4, -0.2) is 17.0 Å². The van der Waals surface area contributed by atoms with Crippen LogP contribution in [0.25, 0.3) is 0 Å². The molecule has 1 N–H and O–H groups in total. The number of rotatable bonds is 4. The highest BCUT2D eigenvalue weighted by Gasteiger charge is 2.21. The number of carbonyl (C=O) groups is 1. The first-order valence-corrected chi connectivity index (χ1v) is 4.92. The molecular weight excluding hydrogens is 219 g/mol. The first-order valence-electron chi connectivity index (χ1n) is 4.54. The van der Waals surface area contributed by atoms with E-state index < -0.39 is 11.4 Å². The molecule has 0 saturated heterocycles. The normalized spacial score (nSPS) is 14.7. The Morgan fingerprint density at radius 3 is 2.87 bits per heavy atom. The maximum absolute atomic E-state index is 12.9. The zero-order valence-corrected chi connectivity index (χ0v) is 9.09. The van der Waals surface area contributed by atoms with Crippen LogP contribution in [0.3, 0.4) is 0 Å². The second-order valence-corrected chi connectivity index (χ2v) is 4.19. The third kappa shape index (κ3) is 3.61. The Labute approximate surface area is 92.7 Å². The van der Waals surface area contributed by atoms with Crippen LogP contribution in [0.15, 0.2) is 18.2 Å². The third-order valence-electron chi connectivity index (χ3n) is 2.10. The summed E-state index contributed by atoms with van der Waals surface area (Å²) in [5, 5.41) is 10.2. The number of carbonyl (C=O) groups excluding carboxylic acids is 1. The average molecular weight is 231 g/mol. The highest BCUT2D eigenvalue weighted by molar-refractivity contribution is 6.31. The van der Waals surface area contributed by atoms with E-state index in [2.05, 4.69) is 0 Å².